The zero-order valence-corrected chi connectivity index (χ0v) is 19.5. The normalized spacial score (nSPS) is 11.1. The average molecular weight is 562 g/mol. The third-order valence-corrected chi connectivity index (χ3v) is 5.08. The van der Waals surface area contributed by atoms with Gasteiger partial charge in [0.15, 0.2) is 0 Å². The summed E-state index contributed by atoms with van der Waals surface area (Å²) in [4.78, 5) is 6.90. The highest BCUT2D eigenvalue weighted by Crippen LogP contribution is 2.32. The van der Waals surface area contributed by atoms with Crippen molar-refractivity contribution in [1.82, 2.24) is 4.90 Å². The molecule has 5 heteroatoms. The first kappa shape index (κ1) is 20.5. The van der Waals surface area contributed by atoms with Gasteiger partial charge in [0.2, 0.25) is 0 Å². The van der Waals surface area contributed by atoms with E-state index in [1.807, 2.05) is 18.5 Å². The van der Waals surface area contributed by atoms with E-state index in [1.54, 1.807) is 0 Å². The van der Waals surface area contributed by atoms with E-state index in [0.29, 0.717) is 0 Å². The van der Waals surface area contributed by atoms with Crippen molar-refractivity contribution in [3.63, 3.8) is 0 Å². The molecule has 0 heterocycles. The molecule has 0 aliphatic carbocycles. The van der Waals surface area contributed by atoms with Crippen molar-refractivity contribution in [2.24, 2.45) is 4.99 Å². The fourth-order valence-corrected chi connectivity index (χ4v) is 4.35. The summed E-state index contributed by atoms with van der Waals surface area (Å²) in [6.45, 7) is 10.5. The molecule has 2 rings (SSSR count). The molecular formula is C20H24I2N2O. The second kappa shape index (κ2) is 9.75. The highest BCUT2D eigenvalue weighted by Gasteiger charge is 2.08. The van der Waals surface area contributed by atoms with Gasteiger partial charge in [0.25, 0.3) is 0 Å². The van der Waals surface area contributed by atoms with Gasteiger partial charge in [0.05, 0.1) is 12.0 Å². The maximum atomic E-state index is 6.12. The standard InChI is InChI=1S/C20H24I2N2O/c1-5-7-24(6-2)13-23-19-8-15(4)20(9-14(19)3)25-18-11-16(21)10-17(22)12-18/h8-13H,5-7H2,1-4H3/b23-13+. The molecule has 134 valence electrons. The highest BCUT2D eigenvalue weighted by atomic mass is 127. The minimum absolute atomic E-state index is 0.871. The lowest BCUT2D eigenvalue weighted by Crippen LogP contribution is -2.21. The summed E-state index contributed by atoms with van der Waals surface area (Å²) in [5.74, 6) is 1.75. The number of hydrogen-bond donors (Lipinski definition) is 0. The second-order valence-electron chi connectivity index (χ2n) is 5.98. The fraction of sp³-hybridized carbons (Fsp3) is 0.350. The van der Waals surface area contributed by atoms with Crippen LogP contribution >= 0.6 is 45.2 Å². The molecule has 0 N–H and O–H groups in total. The lowest BCUT2D eigenvalue weighted by molar-refractivity contribution is 0.452. The molecule has 0 spiro atoms. The maximum absolute atomic E-state index is 6.12. The van der Waals surface area contributed by atoms with Gasteiger partial charge in [-0.2, -0.15) is 0 Å². The van der Waals surface area contributed by atoms with Crippen molar-refractivity contribution in [2.45, 2.75) is 34.1 Å². The van der Waals surface area contributed by atoms with Gasteiger partial charge in [0.1, 0.15) is 11.5 Å². The molecule has 0 aromatic heterocycles. The number of aryl methyl sites for hydroxylation is 2. The third kappa shape index (κ3) is 6.13. The van der Waals surface area contributed by atoms with Gasteiger partial charge in [-0.1, -0.05) is 6.92 Å². The molecule has 2 aromatic rings. The van der Waals surface area contributed by atoms with Gasteiger partial charge in [-0.25, -0.2) is 4.99 Å². The predicted molar refractivity (Wildman–Crippen MR) is 124 cm³/mol. The minimum atomic E-state index is 0.871. The first-order chi connectivity index (χ1) is 11.9. The van der Waals surface area contributed by atoms with Gasteiger partial charge in [-0.15, -0.1) is 0 Å². The lowest BCUT2D eigenvalue weighted by Gasteiger charge is -2.16. The molecule has 2 aromatic carbocycles. The van der Waals surface area contributed by atoms with Crippen LogP contribution in [0.3, 0.4) is 0 Å². The topological polar surface area (TPSA) is 24.8 Å². The van der Waals surface area contributed by atoms with E-state index in [-0.39, 0.29) is 0 Å². The Morgan fingerprint density at radius 2 is 1.68 bits per heavy atom. The van der Waals surface area contributed by atoms with Crippen molar-refractivity contribution in [2.75, 3.05) is 13.1 Å². The Morgan fingerprint density at radius 1 is 1.00 bits per heavy atom. The Hall–Kier alpha value is -0.830. The van der Waals surface area contributed by atoms with Crippen LogP contribution in [0.2, 0.25) is 0 Å². The van der Waals surface area contributed by atoms with E-state index < -0.39 is 0 Å². The van der Waals surface area contributed by atoms with E-state index in [1.165, 1.54) is 7.14 Å². The molecule has 25 heavy (non-hydrogen) atoms. The molecule has 0 aliphatic heterocycles. The first-order valence-electron chi connectivity index (χ1n) is 8.46. The van der Waals surface area contributed by atoms with Crippen LogP contribution in [0.5, 0.6) is 11.5 Å². The van der Waals surface area contributed by atoms with E-state index in [4.69, 9.17) is 4.74 Å². The average Bonchev–Trinajstić information content (AvgIpc) is 2.54. The highest BCUT2D eigenvalue weighted by molar-refractivity contribution is 14.1. The molecule has 3 nitrogen and oxygen atoms in total. The zero-order valence-electron chi connectivity index (χ0n) is 15.1. The molecule has 0 fully saturated rings. The Morgan fingerprint density at radius 3 is 2.28 bits per heavy atom. The molecule has 0 saturated heterocycles. The summed E-state index contributed by atoms with van der Waals surface area (Å²) in [5.41, 5.74) is 3.20. The molecule has 0 amide bonds. The van der Waals surface area contributed by atoms with Gasteiger partial charge in [-0.3, -0.25) is 0 Å². The number of hydrogen-bond acceptors (Lipinski definition) is 2. The van der Waals surface area contributed by atoms with Crippen LogP contribution < -0.4 is 4.74 Å². The minimum Gasteiger partial charge on any atom is -0.457 e. The Kier molecular flexibility index (Phi) is 7.99. The molecule has 0 aliphatic rings. The van der Waals surface area contributed by atoms with Crippen molar-refractivity contribution < 1.29 is 4.74 Å². The van der Waals surface area contributed by atoms with Crippen molar-refractivity contribution >= 4 is 57.2 Å². The second-order valence-corrected chi connectivity index (χ2v) is 8.48. The number of aliphatic imine (C=N–C) groups is 1. The van der Waals surface area contributed by atoms with E-state index in [2.05, 4.69) is 101 Å². The smallest absolute Gasteiger partial charge is 0.130 e. The van der Waals surface area contributed by atoms with Gasteiger partial charge in [-0.05, 0) is 114 Å². The SMILES string of the molecule is CCCN(/C=N/c1cc(C)c(Oc2cc(I)cc(I)c2)cc1C)CC. The zero-order chi connectivity index (χ0) is 18.4. The number of rotatable bonds is 7. The molecule has 0 unspecified atom stereocenters. The van der Waals surface area contributed by atoms with Crippen LogP contribution in [0, 0.1) is 21.0 Å². The fourth-order valence-electron chi connectivity index (χ4n) is 2.47. The van der Waals surface area contributed by atoms with Crippen LogP contribution in [-0.2, 0) is 0 Å². The number of nitrogens with zero attached hydrogens (tertiary/aromatic N) is 2. The van der Waals surface area contributed by atoms with Crippen LogP contribution in [0.1, 0.15) is 31.4 Å². The molecule has 0 atom stereocenters. The van der Waals surface area contributed by atoms with Crippen LogP contribution in [0.25, 0.3) is 0 Å². The maximum Gasteiger partial charge on any atom is 0.130 e. The number of benzene rings is 2. The monoisotopic (exact) mass is 562 g/mol. The van der Waals surface area contributed by atoms with Crippen molar-refractivity contribution in [1.29, 1.82) is 0 Å². The summed E-state index contributed by atoms with van der Waals surface area (Å²) in [6.07, 6.45) is 3.08. The summed E-state index contributed by atoms with van der Waals surface area (Å²) < 4.78 is 8.46. The number of halogens is 2. The van der Waals surface area contributed by atoms with Crippen LogP contribution in [-0.4, -0.2) is 24.3 Å². The first-order valence-corrected chi connectivity index (χ1v) is 10.6. The van der Waals surface area contributed by atoms with Crippen molar-refractivity contribution in [3.8, 4) is 11.5 Å². The predicted octanol–water partition coefficient (Wildman–Crippen LogP) is 6.70. The molecular weight excluding hydrogens is 538 g/mol. The van der Waals surface area contributed by atoms with E-state index in [0.717, 1.165) is 47.8 Å². The van der Waals surface area contributed by atoms with Gasteiger partial charge in [0, 0.05) is 20.2 Å². The Balaban J connectivity index is 2.23. The van der Waals surface area contributed by atoms with Crippen LogP contribution in [0.4, 0.5) is 5.69 Å². The van der Waals surface area contributed by atoms with Gasteiger partial charge >= 0.3 is 0 Å². The lowest BCUT2D eigenvalue weighted by atomic mass is 10.1. The largest absolute Gasteiger partial charge is 0.457 e. The quantitative estimate of drug-likeness (QED) is 0.213. The summed E-state index contributed by atoms with van der Waals surface area (Å²) >= 11 is 4.63. The Labute approximate surface area is 178 Å². The summed E-state index contributed by atoms with van der Waals surface area (Å²) in [7, 11) is 0. The van der Waals surface area contributed by atoms with E-state index >= 15 is 0 Å². The van der Waals surface area contributed by atoms with Gasteiger partial charge < -0.3 is 9.64 Å². The Bertz CT molecular complexity index is 739. The van der Waals surface area contributed by atoms with Crippen LogP contribution in [0.15, 0.2) is 35.3 Å². The summed E-state index contributed by atoms with van der Waals surface area (Å²) in [5, 5.41) is 0. The molecule has 0 bridgehead atoms. The molecule has 0 radical (unpaired) electrons. The summed E-state index contributed by atoms with van der Waals surface area (Å²) in [6, 6.07) is 10.4. The molecule has 0 saturated carbocycles. The third-order valence-electron chi connectivity index (χ3n) is 3.83. The number of ether oxygens (including phenoxy) is 1. The van der Waals surface area contributed by atoms with Crippen molar-refractivity contribution in [3.05, 3.63) is 48.6 Å². The van der Waals surface area contributed by atoms with E-state index in [9.17, 15) is 0 Å².